The van der Waals surface area contributed by atoms with Crippen LogP contribution in [0.4, 0.5) is 4.79 Å². The molecule has 1 amide bonds. The first-order chi connectivity index (χ1) is 9.89. The van der Waals surface area contributed by atoms with Gasteiger partial charge in [-0.1, -0.05) is 12.1 Å². The zero-order chi connectivity index (χ0) is 15.5. The molecule has 1 fully saturated rings. The third-order valence-corrected chi connectivity index (χ3v) is 3.32. The lowest BCUT2D eigenvalue weighted by Gasteiger charge is -2.35. The van der Waals surface area contributed by atoms with Crippen LogP contribution >= 0.6 is 0 Å². The lowest BCUT2D eigenvalue weighted by atomic mass is 10.0. The Hall–Kier alpha value is -1.75. The van der Waals surface area contributed by atoms with Crippen molar-refractivity contribution < 1.29 is 14.3 Å². The van der Waals surface area contributed by atoms with Crippen molar-refractivity contribution in [1.29, 1.82) is 0 Å². The van der Waals surface area contributed by atoms with Crippen molar-refractivity contribution in [3.8, 4) is 5.75 Å². The van der Waals surface area contributed by atoms with Gasteiger partial charge in [0.15, 0.2) is 0 Å². The van der Waals surface area contributed by atoms with Gasteiger partial charge in [0.1, 0.15) is 11.4 Å². The zero-order valence-corrected chi connectivity index (χ0v) is 13.2. The number of nitrogens with zero attached hydrogens (tertiary/aromatic N) is 1. The minimum absolute atomic E-state index is 0.0985. The summed E-state index contributed by atoms with van der Waals surface area (Å²) in [5.74, 6) is 0.823. The maximum Gasteiger partial charge on any atom is 0.410 e. The molecule has 1 atom stereocenters. The van der Waals surface area contributed by atoms with Crippen LogP contribution in [0.5, 0.6) is 5.75 Å². The minimum Gasteiger partial charge on any atom is -0.497 e. The van der Waals surface area contributed by atoms with Crippen molar-refractivity contribution in [2.75, 3.05) is 26.7 Å². The molecular weight excluding hydrogens is 268 g/mol. The Bertz CT molecular complexity index is 497. The fourth-order valence-electron chi connectivity index (χ4n) is 2.32. The fourth-order valence-corrected chi connectivity index (χ4v) is 2.32. The number of hydrogen-bond acceptors (Lipinski definition) is 4. The van der Waals surface area contributed by atoms with Crippen LogP contribution in [0.3, 0.4) is 0 Å². The highest BCUT2D eigenvalue weighted by Crippen LogP contribution is 2.22. The second-order valence-corrected chi connectivity index (χ2v) is 6.21. The van der Waals surface area contributed by atoms with Gasteiger partial charge < -0.3 is 19.7 Å². The highest BCUT2D eigenvalue weighted by Gasteiger charge is 2.28. The van der Waals surface area contributed by atoms with Gasteiger partial charge in [0, 0.05) is 19.6 Å². The molecule has 1 aromatic rings. The first-order valence-electron chi connectivity index (χ1n) is 7.24. The summed E-state index contributed by atoms with van der Waals surface area (Å²) in [6, 6.07) is 8.01. The number of carbonyl (C=O) groups is 1. The first-order valence-corrected chi connectivity index (χ1v) is 7.24. The lowest BCUT2D eigenvalue weighted by Crippen LogP contribution is -2.49. The smallest absolute Gasteiger partial charge is 0.410 e. The van der Waals surface area contributed by atoms with Gasteiger partial charge in [-0.05, 0) is 38.5 Å². The molecule has 21 heavy (non-hydrogen) atoms. The van der Waals surface area contributed by atoms with Crippen molar-refractivity contribution >= 4 is 6.09 Å². The van der Waals surface area contributed by atoms with Crippen LogP contribution in [0, 0.1) is 0 Å². The van der Waals surface area contributed by atoms with E-state index >= 15 is 0 Å². The molecule has 0 aromatic heterocycles. The van der Waals surface area contributed by atoms with Gasteiger partial charge in [0.25, 0.3) is 0 Å². The summed E-state index contributed by atoms with van der Waals surface area (Å²) in [6.07, 6.45) is -0.253. The Labute approximate surface area is 126 Å². The zero-order valence-electron chi connectivity index (χ0n) is 13.2. The predicted molar refractivity (Wildman–Crippen MR) is 81.5 cm³/mol. The average molecular weight is 292 g/mol. The lowest BCUT2D eigenvalue weighted by molar-refractivity contribution is 0.0195. The third-order valence-electron chi connectivity index (χ3n) is 3.32. The Balaban J connectivity index is 2.04. The summed E-state index contributed by atoms with van der Waals surface area (Å²) < 4.78 is 10.7. The van der Waals surface area contributed by atoms with Gasteiger partial charge in [-0.2, -0.15) is 0 Å². The average Bonchev–Trinajstić information content (AvgIpc) is 2.46. The molecule has 5 heteroatoms. The molecule has 1 aliphatic heterocycles. The van der Waals surface area contributed by atoms with Gasteiger partial charge in [0.2, 0.25) is 0 Å². The second kappa shape index (κ2) is 6.35. The number of methoxy groups -OCH3 is 1. The number of amides is 1. The molecule has 0 aliphatic carbocycles. The number of nitrogens with one attached hydrogen (secondary N) is 1. The van der Waals surface area contributed by atoms with Crippen molar-refractivity contribution in [3.05, 3.63) is 29.8 Å². The van der Waals surface area contributed by atoms with Crippen LogP contribution in [-0.2, 0) is 4.74 Å². The van der Waals surface area contributed by atoms with E-state index < -0.39 is 5.60 Å². The molecule has 0 spiro atoms. The fraction of sp³-hybridized carbons (Fsp3) is 0.562. The number of carbonyl (C=O) groups excluding carboxylic acids is 1. The molecule has 116 valence electrons. The van der Waals surface area contributed by atoms with E-state index in [1.807, 2.05) is 45.0 Å². The maximum absolute atomic E-state index is 12.2. The SMILES string of the molecule is COc1cccc(C2CN(C(=O)OC(C)(C)C)CCN2)c1. The van der Waals surface area contributed by atoms with Gasteiger partial charge in [0.05, 0.1) is 13.2 Å². The van der Waals surface area contributed by atoms with Crippen molar-refractivity contribution in [3.63, 3.8) is 0 Å². The highest BCUT2D eigenvalue weighted by atomic mass is 16.6. The number of piperazine rings is 1. The van der Waals surface area contributed by atoms with E-state index in [4.69, 9.17) is 9.47 Å². The van der Waals surface area contributed by atoms with E-state index in [1.165, 1.54) is 0 Å². The molecule has 1 aromatic carbocycles. The summed E-state index contributed by atoms with van der Waals surface area (Å²) in [5, 5.41) is 3.43. The van der Waals surface area contributed by atoms with Gasteiger partial charge in [-0.25, -0.2) is 4.79 Å². The number of rotatable bonds is 2. The summed E-state index contributed by atoms with van der Waals surface area (Å²) in [5.41, 5.74) is 0.649. The second-order valence-electron chi connectivity index (χ2n) is 6.21. The van der Waals surface area contributed by atoms with Crippen LogP contribution in [0.1, 0.15) is 32.4 Å². The van der Waals surface area contributed by atoms with Crippen molar-refractivity contribution in [2.24, 2.45) is 0 Å². The van der Waals surface area contributed by atoms with E-state index in [-0.39, 0.29) is 12.1 Å². The summed E-state index contributed by atoms with van der Waals surface area (Å²) >= 11 is 0. The predicted octanol–water partition coefficient (Wildman–Crippen LogP) is 2.58. The quantitative estimate of drug-likeness (QED) is 0.910. The third kappa shape index (κ3) is 4.36. The largest absolute Gasteiger partial charge is 0.497 e. The van der Waals surface area contributed by atoms with E-state index in [0.717, 1.165) is 17.9 Å². The highest BCUT2D eigenvalue weighted by molar-refractivity contribution is 5.68. The number of benzene rings is 1. The topological polar surface area (TPSA) is 50.8 Å². The van der Waals surface area contributed by atoms with E-state index in [9.17, 15) is 4.79 Å². The molecule has 2 rings (SSSR count). The van der Waals surface area contributed by atoms with Crippen LogP contribution in [0.25, 0.3) is 0 Å². The van der Waals surface area contributed by atoms with Crippen LogP contribution in [0.2, 0.25) is 0 Å². The van der Waals surface area contributed by atoms with Crippen molar-refractivity contribution in [1.82, 2.24) is 10.2 Å². The summed E-state index contributed by atoms with van der Waals surface area (Å²) in [6.45, 7) is 7.66. The molecular formula is C16H24N2O3. The molecule has 1 unspecified atom stereocenters. The molecule has 5 nitrogen and oxygen atoms in total. The normalized spacial score (nSPS) is 19.2. The molecule has 0 radical (unpaired) electrons. The molecule has 1 aliphatic rings. The Kier molecular flexibility index (Phi) is 4.73. The minimum atomic E-state index is -0.465. The number of ether oxygens (including phenoxy) is 2. The summed E-state index contributed by atoms with van der Waals surface area (Å²) in [7, 11) is 1.65. The molecule has 1 N–H and O–H groups in total. The van der Waals surface area contributed by atoms with Crippen LogP contribution in [-0.4, -0.2) is 43.3 Å². The maximum atomic E-state index is 12.2. The van der Waals surface area contributed by atoms with E-state index in [1.54, 1.807) is 12.0 Å². The standard InChI is InChI=1S/C16H24N2O3/c1-16(2,3)21-15(19)18-9-8-17-14(11-18)12-6-5-7-13(10-12)20-4/h5-7,10,14,17H,8-9,11H2,1-4H3. The Morgan fingerprint density at radius 3 is 2.81 bits per heavy atom. The van der Waals surface area contributed by atoms with Crippen LogP contribution < -0.4 is 10.1 Å². The monoisotopic (exact) mass is 292 g/mol. The van der Waals surface area contributed by atoms with E-state index in [0.29, 0.717) is 13.1 Å². The Morgan fingerprint density at radius 2 is 2.14 bits per heavy atom. The van der Waals surface area contributed by atoms with Gasteiger partial charge in [-0.15, -0.1) is 0 Å². The van der Waals surface area contributed by atoms with Crippen LogP contribution in [0.15, 0.2) is 24.3 Å². The van der Waals surface area contributed by atoms with E-state index in [2.05, 4.69) is 5.32 Å². The number of hydrogen-bond donors (Lipinski definition) is 1. The Morgan fingerprint density at radius 1 is 1.38 bits per heavy atom. The van der Waals surface area contributed by atoms with Crippen molar-refractivity contribution in [2.45, 2.75) is 32.4 Å². The van der Waals surface area contributed by atoms with Gasteiger partial charge in [-0.3, -0.25) is 0 Å². The molecule has 0 saturated carbocycles. The van der Waals surface area contributed by atoms with Gasteiger partial charge >= 0.3 is 6.09 Å². The molecule has 0 bridgehead atoms. The first kappa shape index (κ1) is 15.6. The molecule has 1 heterocycles. The molecule has 1 saturated heterocycles. The summed E-state index contributed by atoms with van der Waals surface area (Å²) in [4.78, 5) is 13.9.